The van der Waals surface area contributed by atoms with Crippen molar-refractivity contribution in [3.8, 4) is 5.75 Å². The Labute approximate surface area is 209 Å². The van der Waals surface area contributed by atoms with Gasteiger partial charge in [0, 0.05) is 36.4 Å². The molecule has 1 atom stereocenters. The van der Waals surface area contributed by atoms with Gasteiger partial charge in [-0.3, -0.25) is 14.5 Å². The molecule has 184 valence electrons. The van der Waals surface area contributed by atoms with Crippen molar-refractivity contribution in [1.29, 1.82) is 0 Å². The molecule has 8 nitrogen and oxygen atoms in total. The summed E-state index contributed by atoms with van der Waals surface area (Å²) in [6.45, 7) is 1.50. The van der Waals surface area contributed by atoms with E-state index in [1.807, 2.05) is 24.4 Å². The number of carboxylic acids is 1. The predicted octanol–water partition coefficient (Wildman–Crippen LogP) is 4.75. The largest absolute Gasteiger partial charge is 0.493 e. The van der Waals surface area contributed by atoms with Crippen LogP contribution in [0.5, 0.6) is 5.75 Å². The predicted molar refractivity (Wildman–Crippen MR) is 137 cm³/mol. The van der Waals surface area contributed by atoms with E-state index in [4.69, 9.17) is 9.72 Å². The minimum absolute atomic E-state index is 0.0620. The molecule has 2 N–H and O–H groups in total. The molecule has 1 unspecified atom stereocenters. The number of hydrogen-bond acceptors (Lipinski definition) is 6. The van der Waals surface area contributed by atoms with E-state index in [0.717, 1.165) is 59.5 Å². The topological polar surface area (TPSA) is 102 Å². The molecule has 0 amide bonds. The van der Waals surface area contributed by atoms with Gasteiger partial charge in [0.1, 0.15) is 11.6 Å². The molecule has 2 aliphatic rings. The molecule has 4 heterocycles. The number of benzene rings is 1. The number of aromatic nitrogens is 4. The highest BCUT2D eigenvalue weighted by Crippen LogP contribution is 2.40. The summed E-state index contributed by atoms with van der Waals surface area (Å²) in [5, 5.41) is 18.5. The smallest absolute Gasteiger partial charge is 0.305 e. The molecule has 0 saturated heterocycles. The lowest BCUT2D eigenvalue weighted by Gasteiger charge is -2.18. The second-order valence-corrected chi connectivity index (χ2v) is 9.69. The van der Waals surface area contributed by atoms with Crippen molar-refractivity contribution in [3.05, 3.63) is 77.4 Å². The monoisotopic (exact) mass is 483 g/mol. The van der Waals surface area contributed by atoms with Crippen LogP contribution in [0.4, 0.5) is 5.82 Å². The lowest BCUT2D eigenvalue weighted by Crippen LogP contribution is -2.16. The van der Waals surface area contributed by atoms with Crippen LogP contribution in [0.2, 0.25) is 0 Å². The van der Waals surface area contributed by atoms with Crippen molar-refractivity contribution in [3.63, 3.8) is 0 Å². The van der Waals surface area contributed by atoms with E-state index in [-0.39, 0.29) is 6.42 Å². The Bertz CT molecular complexity index is 1410. The second kappa shape index (κ2) is 9.60. The fourth-order valence-corrected chi connectivity index (χ4v) is 4.96. The summed E-state index contributed by atoms with van der Waals surface area (Å²) in [7, 11) is 0. The lowest BCUT2D eigenvalue weighted by atomic mass is 10.0. The third-order valence-corrected chi connectivity index (χ3v) is 7.02. The highest BCUT2D eigenvalue weighted by atomic mass is 16.5. The van der Waals surface area contributed by atoms with Gasteiger partial charge in [-0.05, 0) is 72.6 Å². The number of aryl methyl sites for hydroxylation is 1. The van der Waals surface area contributed by atoms with Gasteiger partial charge < -0.3 is 15.2 Å². The molecular weight excluding hydrogens is 454 g/mol. The van der Waals surface area contributed by atoms with Gasteiger partial charge in [-0.15, -0.1) is 0 Å². The Morgan fingerprint density at radius 1 is 1.17 bits per heavy atom. The van der Waals surface area contributed by atoms with Gasteiger partial charge in [0.15, 0.2) is 0 Å². The molecule has 0 radical (unpaired) electrons. The zero-order valence-corrected chi connectivity index (χ0v) is 20.1. The Morgan fingerprint density at radius 3 is 2.94 bits per heavy atom. The number of carbonyl (C=O) groups is 1. The maximum atomic E-state index is 11.7. The Kier molecular flexibility index (Phi) is 6.01. The summed E-state index contributed by atoms with van der Waals surface area (Å²) in [5.74, 6) is 1.43. The van der Waals surface area contributed by atoms with Gasteiger partial charge in [-0.25, -0.2) is 4.98 Å². The van der Waals surface area contributed by atoms with Crippen molar-refractivity contribution in [2.75, 3.05) is 18.5 Å². The van der Waals surface area contributed by atoms with Gasteiger partial charge in [0.25, 0.3) is 0 Å². The van der Waals surface area contributed by atoms with E-state index in [1.165, 1.54) is 24.0 Å². The SMILES string of the molecule is O=C(O)CC(c1cncc(C2CC2)c1)n1ncc2cc(OCCc3ccc4c(n3)NCCC4)ccc21. The number of carboxylic acid groups (broad SMARTS) is 1. The fourth-order valence-electron chi connectivity index (χ4n) is 4.96. The molecule has 1 aromatic carbocycles. The quantitative estimate of drug-likeness (QED) is 0.354. The van der Waals surface area contributed by atoms with Crippen molar-refractivity contribution in [2.45, 2.75) is 50.5 Å². The second-order valence-electron chi connectivity index (χ2n) is 9.69. The van der Waals surface area contributed by atoms with Crippen molar-refractivity contribution in [2.24, 2.45) is 0 Å². The Balaban J connectivity index is 1.18. The summed E-state index contributed by atoms with van der Waals surface area (Å²) < 4.78 is 7.83. The lowest BCUT2D eigenvalue weighted by molar-refractivity contribution is -0.137. The van der Waals surface area contributed by atoms with E-state index in [1.54, 1.807) is 17.1 Å². The standard InChI is InChI=1S/C28H29N5O3/c34-27(35)14-26(21-12-20(15-29-16-21)18-3-4-18)33-25-8-7-24(13-22(25)17-31-33)36-11-9-23-6-5-19-2-1-10-30-28(19)32-23/h5-8,12-13,15-18,26H,1-4,9-11,14H2,(H,30,32)(H,34,35). The summed E-state index contributed by atoms with van der Waals surface area (Å²) in [5.41, 5.74) is 5.21. The maximum absolute atomic E-state index is 11.7. The number of fused-ring (bicyclic) bond motifs is 2. The van der Waals surface area contributed by atoms with E-state index in [2.05, 4.69) is 33.6 Å². The molecule has 0 spiro atoms. The normalized spacial score (nSPS) is 15.8. The van der Waals surface area contributed by atoms with Crippen LogP contribution < -0.4 is 10.1 Å². The van der Waals surface area contributed by atoms with Crippen LogP contribution in [0, 0.1) is 0 Å². The molecule has 1 aliphatic carbocycles. The van der Waals surface area contributed by atoms with Crippen molar-refractivity contribution >= 4 is 22.7 Å². The molecule has 1 saturated carbocycles. The summed E-state index contributed by atoms with van der Waals surface area (Å²) >= 11 is 0. The molecule has 6 rings (SSSR count). The van der Waals surface area contributed by atoms with Crippen LogP contribution in [0.25, 0.3) is 10.9 Å². The average molecular weight is 484 g/mol. The van der Waals surface area contributed by atoms with Crippen LogP contribution in [-0.4, -0.2) is 44.0 Å². The first-order chi connectivity index (χ1) is 17.6. The molecule has 0 bridgehead atoms. The molecule has 1 aliphatic heterocycles. The Hall–Kier alpha value is -3.94. The van der Waals surface area contributed by atoms with Crippen molar-refractivity contribution < 1.29 is 14.6 Å². The van der Waals surface area contributed by atoms with Crippen LogP contribution in [0.1, 0.15) is 60.0 Å². The van der Waals surface area contributed by atoms with E-state index < -0.39 is 12.0 Å². The van der Waals surface area contributed by atoms with Gasteiger partial charge in [0.2, 0.25) is 0 Å². The van der Waals surface area contributed by atoms with E-state index in [0.29, 0.717) is 12.5 Å². The van der Waals surface area contributed by atoms with Gasteiger partial charge in [-0.2, -0.15) is 5.10 Å². The first kappa shape index (κ1) is 22.5. The number of anilines is 1. The summed E-state index contributed by atoms with van der Waals surface area (Å²) in [6.07, 6.45) is 10.6. The van der Waals surface area contributed by atoms with Crippen LogP contribution >= 0.6 is 0 Å². The Morgan fingerprint density at radius 2 is 2.08 bits per heavy atom. The summed E-state index contributed by atoms with van der Waals surface area (Å²) in [6, 6.07) is 11.7. The molecule has 1 fully saturated rings. The number of aliphatic carboxylic acids is 1. The van der Waals surface area contributed by atoms with Crippen LogP contribution in [0.3, 0.4) is 0 Å². The minimum Gasteiger partial charge on any atom is -0.493 e. The maximum Gasteiger partial charge on any atom is 0.305 e. The average Bonchev–Trinajstić information content (AvgIpc) is 3.67. The third kappa shape index (κ3) is 4.76. The first-order valence-electron chi connectivity index (χ1n) is 12.6. The van der Waals surface area contributed by atoms with Crippen LogP contribution in [-0.2, 0) is 17.6 Å². The van der Waals surface area contributed by atoms with Gasteiger partial charge >= 0.3 is 5.97 Å². The number of hydrogen-bond donors (Lipinski definition) is 2. The minimum atomic E-state index is -0.869. The number of ether oxygens (including phenoxy) is 1. The fraction of sp³-hybridized carbons (Fsp3) is 0.357. The van der Waals surface area contributed by atoms with Gasteiger partial charge in [-0.1, -0.05) is 12.1 Å². The first-order valence-corrected chi connectivity index (χ1v) is 12.6. The van der Waals surface area contributed by atoms with Gasteiger partial charge in [0.05, 0.1) is 30.8 Å². The molecule has 8 heteroatoms. The van der Waals surface area contributed by atoms with E-state index in [9.17, 15) is 9.90 Å². The highest BCUT2D eigenvalue weighted by Gasteiger charge is 2.26. The molecule has 36 heavy (non-hydrogen) atoms. The zero-order chi connectivity index (χ0) is 24.5. The molecular formula is C28H29N5O3. The number of nitrogens with one attached hydrogen (secondary N) is 1. The number of nitrogens with zero attached hydrogens (tertiary/aromatic N) is 4. The number of rotatable bonds is 9. The zero-order valence-electron chi connectivity index (χ0n) is 20.1. The van der Waals surface area contributed by atoms with E-state index >= 15 is 0 Å². The summed E-state index contributed by atoms with van der Waals surface area (Å²) in [4.78, 5) is 20.9. The third-order valence-electron chi connectivity index (χ3n) is 7.02. The van der Waals surface area contributed by atoms with Crippen molar-refractivity contribution in [1.82, 2.24) is 19.7 Å². The molecule has 3 aromatic heterocycles. The molecule has 4 aromatic rings. The number of pyridine rings is 2. The van der Waals surface area contributed by atoms with Crippen LogP contribution in [0.15, 0.2) is 55.0 Å². The highest BCUT2D eigenvalue weighted by molar-refractivity contribution is 5.81.